The summed E-state index contributed by atoms with van der Waals surface area (Å²) in [7, 11) is 3.21. The second kappa shape index (κ2) is 11.4. The van der Waals surface area contributed by atoms with Gasteiger partial charge in [0, 0.05) is 12.4 Å². The van der Waals surface area contributed by atoms with Crippen LogP contribution in [0.4, 0.5) is 8.78 Å². The van der Waals surface area contributed by atoms with Crippen LogP contribution in [0.3, 0.4) is 0 Å². The Hall–Kier alpha value is -5.17. The molecule has 6 aromatic rings. The molecule has 0 saturated carbocycles. The van der Waals surface area contributed by atoms with Gasteiger partial charge in [0.1, 0.15) is 11.5 Å². The minimum atomic E-state index is -0.873. The number of nitrogens with zero attached hydrogens (tertiary/aromatic N) is 2. The molecule has 0 aliphatic carbocycles. The number of Topliss-reactive ketones (excluding diaryl/α,β-unsaturated/α-hetero) is 1. The van der Waals surface area contributed by atoms with Crippen LogP contribution in [0, 0.1) is 11.9 Å². The summed E-state index contributed by atoms with van der Waals surface area (Å²) < 4.78 is 39.7. The number of hydrogen-bond acceptors (Lipinski definition) is 5. The number of methoxy groups -OCH3 is 2. The highest BCUT2D eigenvalue weighted by Gasteiger charge is 2.33. The predicted octanol–water partition coefficient (Wildman–Crippen LogP) is 7.61. The predicted molar refractivity (Wildman–Crippen MR) is 158 cm³/mol. The first kappa shape index (κ1) is 27.0. The monoisotopic (exact) mass is 560 g/mol. The third kappa shape index (κ3) is 5.29. The molecule has 42 heavy (non-hydrogen) atoms. The van der Waals surface area contributed by atoms with Crippen LogP contribution in [0.15, 0.2) is 109 Å². The number of carbonyl (C=O) groups is 1. The number of fused-ring (bicyclic) bond motifs is 2. The van der Waals surface area contributed by atoms with Gasteiger partial charge in [-0.1, -0.05) is 48.5 Å². The standard InChI is InChI=1S/C35H26F2N2O3/c1-41-29-9-7-21-15-25(5-3-23(21)17-29)33(27-11-13-38-31(36)19-27)35(40)34(28-12-14-39-32(37)20-28)26-6-4-24-18-30(42-2)10-8-22(24)16-26/h3-20,33-34H,1-2H3. The zero-order valence-corrected chi connectivity index (χ0v) is 22.9. The van der Waals surface area contributed by atoms with Crippen LogP contribution in [0.5, 0.6) is 11.5 Å². The van der Waals surface area contributed by atoms with Crippen LogP contribution in [-0.4, -0.2) is 30.0 Å². The minimum Gasteiger partial charge on any atom is -0.497 e. The summed E-state index contributed by atoms with van der Waals surface area (Å²) in [5, 5.41) is 3.66. The Labute approximate surface area is 241 Å². The number of rotatable bonds is 8. The molecule has 0 aliphatic rings. The zero-order chi connectivity index (χ0) is 29.2. The van der Waals surface area contributed by atoms with E-state index in [1.807, 2.05) is 72.8 Å². The van der Waals surface area contributed by atoms with Crippen molar-refractivity contribution in [3.05, 3.63) is 144 Å². The van der Waals surface area contributed by atoms with E-state index < -0.39 is 23.7 Å². The number of ether oxygens (including phenoxy) is 2. The zero-order valence-electron chi connectivity index (χ0n) is 22.9. The van der Waals surface area contributed by atoms with Crippen molar-refractivity contribution in [1.29, 1.82) is 0 Å². The molecule has 4 aromatic carbocycles. The molecule has 0 fully saturated rings. The third-order valence-electron chi connectivity index (χ3n) is 7.55. The molecule has 6 rings (SSSR count). The summed E-state index contributed by atoms with van der Waals surface area (Å²) in [6, 6.07) is 28.6. The first-order valence-corrected chi connectivity index (χ1v) is 13.4. The van der Waals surface area contributed by atoms with Crippen LogP contribution in [0.25, 0.3) is 21.5 Å². The van der Waals surface area contributed by atoms with E-state index in [1.54, 1.807) is 26.4 Å². The molecule has 0 N–H and O–H groups in total. The van der Waals surface area contributed by atoms with Crippen molar-refractivity contribution in [3.8, 4) is 11.5 Å². The van der Waals surface area contributed by atoms with Gasteiger partial charge in [-0.25, -0.2) is 9.97 Å². The number of hydrogen-bond donors (Lipinski definition) is 0. The fraction of sp³-hybridized carbons (Fsp3) is 0.114. The molecule has 0 spiro atoms. The number of ketones is 1. The van der Waals surface area contributed by atoms with Crippen molar-refractivity contribution < 1.29 is 23.0 Å². The van der Waals surface area contributed by atoms with Crippen LogP contribution >= 0.6 is 0 Å². The smallest absolute Gasteiger partial charge is 0.213 e. The van der Waals surface area contributed by atoms with E-state index in [4.69, 9.17) is 9.47 Å². The van der Waals surface area contributed by atoms with Gasteiger partial charge in [0.2, 0.25) is 11.9 Å². The summed E-state index contributed by atoms with van der Waals surface area (Å²) in [5.41, 5.74) is 2.25. The Bertz CT molecular complexity index is 1800. The lowest BCUT2D eigenvalue weighted by Crippen LogP contribution is -2.23. The molecular weight excluding hydrogens is 534 g/mol. The first-order chi connectivity index (χ1) is 20.4. The highest BCUT2D eigenvalue weighted by molar-refractivity contribution is 5.99. The van der Waals surface area contributed by atoms with Gasteiger partial charge in [0.05, 0.1) is 26.1 Å². The molecule has 0 amide bonds. The van der Waals surface area contributed by atoms with Gasteiger partial charge in [-0.05, 0) is 92.3 Å². The second-order valence-electron chi connectivity index (χ2n) is 10.0. The number of carbonyl (C=O) groups excluding carboxylic acids is 1. The lowest BCUT2D eigenvalue weighted by molar-refractivity contribution is -0.120. The fourth-order valence-electron chi connectivity index (χ4n) is 5.50. The minimum absolute atomic E-state index is 0.244. The molecule has 2 atom stereocenters. The van der Waals surface area contributed by atoms with E-state index in [9.17, 15) is 13.6 Å². The molecule has 2 aromatic heterocycles. The summed E-state index contributed by atoms with van der Waals surface area (Å²) in [6.07, 6.45) is 2.70. The Morgan fingerprint density at radius 1 is 0.548 bits per heavy atom. The first-order valence-electron chi connectivity index (χ1n) is 13.4. The summed E-state index contributed by atoms with van der Waals surface area (Å²) in [5.74, 6) is -1.94. The molecule has 208 valence electrons. The quantitative estimate of drug-likeness (QED) is 0.179. The maximum Gasteiger partial charge on any atom is 0.213 e. The molecular formula is C35H26F2N2O3. The van der Waals surface area contributed by atoms with Crippen LogP contribution in [0.1, 0.15) is 34.1 Å². The number of aromatic nitrogens is 2. The average molecular weight is 561 g/mol. The maximum absolute atomic E-state index is 14.8. The highest BCUT2D eigenvalue weighted by atomic mass is 19.1. The molecule has 0 bridgehead atoms. The van der Waals surface area contributed by atoms with Gasteiger partial charge in [0.15, 0.2) is 5.78 Å². The van der Waals surface area contributed by atoms with E-state index in [2.05, 4.69) is 9.97 Å². The van der Waals surface area contributed by atoms with E-state index in [0.29, 0.717) is 33.8 Å². The summed E-state index contributed by atoms with van der Waals surface area (Å²) in [6.45, 7) is 0. The van der Waals surface area contributed by atoms with Gasteiger partial charge in [-0.2, -0.15) is 8.78 Å². The fourth-order valence-corrected chi connectivity index (χ4v) is 5.50. The lowest BCUT2D eigenvalue weighted by Gasteiger charge is -2.25. The number of halogens is 2. The Balaban J connectivity index is 1.54. The van der Waals surface area contributed by atoms with Crippen molar-refractivity contribution in [2.24, 2.45) is 0 Å². The lowest BCUT2D eigenvalue weighted by atomic mass is 9.77. The van der Waals surface area contributed by atoms with Gasteiger partial charge in [-0.15, -0.1) is 0 Å². The molecule has 0 aliphatic heterocycles. The van der Waals surface area contributed by atoms with Crippen molar-refractivity contribution in [2.75, 3.05) is 14.2 Å². The van der Waals surface area contributed by atoms with Gasteiger partial charge >= 0.3 is 0 Å². The third-order valence-corrected chi connectivity index (χ3v) is 7.55. The molecule has 7 heteroatoms. The highest BCUT2D eigenvalue weighted by Crippen LogP contribution is 2.38. The Kier molecular flexibility index (Phi) is 7.32. The molecule has 0 saturated heterocycles. The second-order valence-corrected chi connectivity index (χ2v) is 10.0. The molecule has 5 nitrogen and oxygen atoms in total. The van der Waals surface area contributed by atoms with Crippen molar-refractivity contribution in [2.45, 2.75) is 11.8 Å². The molecule has 2 unspecified atom stereocenters. The van der Waals surface area contributed by atoms with E-state index in [1.165, 1.54) is 24.5 Å². The Morgan fingerprint density at radius 2 is 0.929 bits per heavy atom. The summed E-state index contributed by atoms with van der Waals surface area (Å²) in [4.78, 5) is 22.2. The van der Waals surface area contributed by atoms with Crippen molar-refractivity contribution in [3.63, 3.8) is 0 Å². The van der Waals surface area contributed by atoms with Crippen LogP contribution in [-0.2, 0) is 4.79 Å². The van der Waals surface area contributed by atoms with E-state index >= 15 is 0 Å². The maximum atomic E-state index is 14.8. The van der Waals surface area contributed by atoms with Crippen LogP contribution in [0.2, 0.25) is 0 Å². The number of benzene rings is 4. The average Bonchev–Trinajstić information content (AvgIpc) is 3.01. The normalized spacial score (nSPS) is 12.7. The topological polar surface area (TPSA) is 61.3 Å². The largest absolute Gasteiger partial charge is 0.497 e. The molecule has 0 radical (unpaired) electrons. The molecule has 2 heterocycles. The van der Waals surface area contributed by atoms with Gasteiger partial charge in [0.25, 0.3) is 0 Å². The Morgan fingerprint density at radius 3 is 1.33 bits per heavy atom. The SMILES string of the molecule is COc1ccc2cc(C(C(=O)C(c3ccnc(F)c3)c3ccc4cc(OC)ccc4c3)c3ccnc(F)c3)ccc2c1. The van der Waals surface area contributed by atoms with Crippen LogP contribution < -0.4 is 9.47 Å². The summed E-state index contributed by atoms with van der Waals surface area (Å²) >= 11 is 0. The van der Waals surface area contributed by atoms with E-state index in [-0.39, 0.29) is 5.78 Å². The van der Waals surface area contributed by atoms with Crippen molar-refractivity contribution >= 4 is 27.3 Å². The van der Waals surface area contributed by atoms with E-state index in [0.717, 1.165) is 21.5 Å². The number of pyridine rings is 2. The van der Waals surface area contributed by atoms with Gasteiger partial charge < -0.3 is 9.47 Å². The van der Waals surface area contributed by atoms with Crippen molar-refractivity contribution in [1.82, 2.24) is 9.97 Å². The van der Waals surface area contributed by atoms with Gasteiger partial charge in [-0.3, -0.25) is 4.79 Å².